The summed E-state index contributed by atoms with van der Waals surface area (Å²) >= 11 is 2.81. The molecule has 1 amide bonds. The summed E-state index contributed by atoms with van der Waals surface area (Å²) in [5.74, 6) is -0.598. The molecule has 0 bridgehead atoms. The summed E-state index contributed by atoms with van der Waals surface area (Å²) in [7, 11) is 0. The largest absolute Gasteiger partial charge is 0.417 e. The standard InChI is InChI=1S/C12H13BrF3NO2/c1-7(4-5-18)17-11(19)8-2-3-10(13)9(6-8)12(14,15)16/h2-3,6-7,18H,4-5H2,1H3,(H,17,19). The zero-order valence-electron chi connectivity index (χ0n) is 10.1. The summed E-state index contributed by atoms with van der Waals surface area (Å²) in [6, 6.07) is 2.98. The molecule has 1 aromatic carbocycles. The number of rotatable bonds is 4. The number of aliphatic hydroxyl groups excluding tert-OH is 1. The summed E-state index contributed by atoms with van der Waals surface area (Å²) in [4.78, 5) is 11.7. The molecule has 106 valence electrons. The molecular weight excluding hydrogens is 327 g/mol. The number of hydrogen-bond acceptors (Lipinski definition) is 2. The number of halogens is 4. The zero-order valence-corrected chi connectivity index (χ0v) is 11.7. The fourth-order valence-corrected chi connectivity index (χ4v) is 1.93. The van der Waals surface area contributed by atoms with Gasteiger partial charge in [-0.15, -0.1) is 0 Å². The molecule has 3 nitrogen and oxygen atoms in total. The monoisotopic (exact) mass is 339 g/mol. The Morgan fingerprint density at radius 3 is 2.63 bits per heavy atom. The van der Waals surface area contributed by atoms with Gasteiger partial charge in [-0.3, -0.25) is 4.79 Å². The molecule has 1 rings (SSSR count). The first kappa shape index (κ1) is 16.0. The van der Waals surface area contributed by atoms with Crippen LogP contribution in [0.2, 0.25) is 0 Å². The average molecular weight is 340 g/mol. The molecule has 0 aliphatic carbocycles. The number of carbonyl (C=O) groups excluding carboxylic acids is 1. The summed E-state index contributed by atoms with van der Waals surface area (Å²) in [6.07, 6.45) is -4.18. The van der Waals surface area contributed by atoms with Crippen LogP contribution >= 0.6 is 15.9 Å². The van der Waals surface area contributed by atoms with Crippen LogP contribution in [0.25, 0.3) is 0 Å². The second kappa shape index (κ2) is 6.38. The second-order valence-electron chi connectivity index (χ2n) is 4.08. The summed E-state index contributed by atoms with van der Waals surface area (Å²) in [6.45, 7) is 1.56. The molecule has 0 aliphatic heterocycles. The molecule has 0 radical (unpaired) electrons. The van der Waals surface area contributed by atoms with Crippen molar-refractivity contribution in [2.75, 3.05) is 6.61 Å². The lowest BCUT2D eigenvalue weighted by molar-refractivity contribution is -0.138. The molecule has 0 spiro atoms. The SMILES string of the molecule is CC(CCO)NC(=O)c1ccc(Br)c(C(F)(F)F)c1. The number of carbonyl (C=O) groups is 1. The number of amides is 1. The highest BCUT2D eigenvalue weighted by Crippen LogP contribution is 2.35. The van der Waals surface area contributed by atoms with Crippen LogP contribution in [0, 0.1) is 0 Å². The molecule has 0 saturated carbocycles. The quantitative estimate of drug-likeness (QED) is 0.885. The van der Waals surface area contributed by atoms with Crippen LogP contribution in [0.15, 0.2) is 22.7 Å². The van der Waals surface area contributed by atoms with Gasteiger partial charge in [-0.05, 0) is 31.5 Å². The summed E-state index contributed by atoms with van der Waals surface area (Å²) in [5, 5.41) is 11.2. The molecule has 2 N–H and O–H groups in total. The Morgan fingerprint density at radius 1 is 1.47 bits per heavy atom. The van der Waals surface area contributed by atoms with E-state index in [0.29, 0.717) is 6.42 Å². The van der Waals surface area contributed by atoms with Crippen molar-refractivity contribution in [1.29, 1.82) is 0 Å². The summed E-state index contributed by atoms with van der Waals surface area (Å²) < 4.78 is 37.9. The van der Waals surface area contributed by atoms with Crippen LogP contribution in [0.4, 0.5) is 13.2 Å². The lowest BCUT2D eigenvalue weighted by atomic mass is 10.1. The van der Waals surface area contributed by atoms with Crippen molar-refractivity contribution in [3.63, 3.8) is 0 Å². The maximum atomic E-state index is 12.7. The van der Waals surface area contributed by atoms with Gasteiger partial charge < -0.3 is 10.4 Å². The third-order valence-corrected chi connectivity index (χ3v) is 3.17. The first-order chi connectivity index (χ1) is 8.75. The number of benzene rings is 1. The van der Waals surface area contributed by atoms with E-state index in [2.05, 4.69) is 21.2 Å². The van der Waals surface area contributed by atoms with Crippen molar-refractivity contribution >= 4 is 21.8 Å². The molecule has 0 aliphatic rings. The van der Waals surface area contributed by atoms with Crippen molar-refractivity contribution in [3.05, 3.63) is 33.8 Å². The predicted molar refractivity (Wildman–Crippen MR) is 67.8 cm³/mol. The van der Waals surface area contributed by atoms with Gasteiger partial charge >= 0.3 is 6.18 Å². The van der Waals surface area contributed by atoms with Gasteiger partial charge in [0, 0.05) is 22.7 Å². The average Bonchev–Trinajstić information content (AvgIpc) is 2.27. The second-order valence-corrected chi connectivity index (χ2v) is 4.93. The first-order valence-corrected chi connectivity index (χ1v) is 6.33. The smallest absolute Gasteiger partial charge is 0.396 e. The normalized spacial score (nSPS) is 13.2. The fraction of sp³-hybridized carbons (Fsp3) is 0.417. The van der Waals surface area contributed by atoms with E-state index in [9.17, 15) is 18.0 Å². The van der Waals surface area contributed by atoms with E-state index in [4.69, 9.17) is 5.11 Å². The molecule has 1 atom stereocenters. The number of nitrogens with one attached hydrogen (secondary N) is 1. The third-order valence-electron chi connectivity index (χ3n) is 2.47. The van der Waals surface area contributed by atoms with Crippen molar-refractivity contribution in [3.8, 4) is 0 Å². The van der Waals surface area contributed by atoms with Gasteiger partial charge in [-0.1, -0.05) is 15.9 Å². The molecule has 1 aromatic rings. The van der Waals surface area contributed by atoms with Gasteiger partial charge in [-0.25, -0.2) is 0 Å². The Labute approximate surface area is 116 Å². The van der Waals surface area contributed by atoms with Crippen molar-refractivity contribution in [2.24, 2.45) is 0 Å². The first-order valence-electron chi connectivity index (χ1n) is 5.54. The van der Waals surface area contributed by atoms with E-state index >= 15 is 0 Å². The van der Waals surface area contributed by atoms with Gasteiger partial charge in [0.2, 0.25) is 0 Å². The highest BCUT2D eigenvalue weighted by molar-refractivity contribution is 9.10. The topological polar surface area (TPSA) is 49.3 Å². The minimum absolute atomic E-state index is 0.0692. The van der Waals surface area contributed by atoms with Crippen LogP contribution in [0.3, 0.4) is 0 Å². The summed E-state index contributed by atoms with van der Waals surface area (Å²) in [5.41, 5.74) is -0.963. The predicted octanol–water partition coefficient (Wildman–Crippen LogP) is 2.97. The lowest BCUT2D eigenvalue weighted by Gasteiger charge is -2.14. The maximum Gasteiger partial charge on any atom is 0.417 e. The Bertz CT molecular complexity index is 463. The number of aliphatic hydroxyl groups is 1. The third kappa shape index (κ3) is 4.50. The van der Waals surface area contributed by atoms with E-state index < -0.39 is 17.6 Å². The van der Waals surface area contributed by atoms with E-state index in [0.717, 1.165) is 6.07 Å². The maximum absolute atomic E-state index is 12.7. The Morgan fingerprint density at radius 2 is 2.11 bits per heavy atom. The minimum atomic E-state index is -4.52. The van der Waals surface area contributed by atoms with Gasteiger partial charge in [0.25, 0.3) is 5.91 Å². The minimum Gasteiger partial charge on any atom is -0.396 e. The highest BCUT2D eigenvalue weighted by atomic mass is 79.9. The molecular formula is C12H13BrF3NO2. The molecule has 7 heteroatoms. The zero-order chi connectivity index (χ0) is 14.6. The number of alkyl halides is 3. The molecule has 1 unspecified atom stereocenters. The van der Waals surface area contributed by atoms with Crippen LogP contribution in [0.1, 0.15) is 29.3 Å². The van der Waals surface area contributed by atoms with Gasteiger partial charge in [0.05, 0.1) is 5.56 Å². The van der Waals surface area contributed by atoms with Crippen molar-refractivity contribution < 1.29 is 23.1 Å². The van der Waals surface area contributed by atoms with E-state index in [-0.39, 0.29) is 22.7 Å². The van der Waals surface area contributed by atoms with Crippen LogP contribution < -0.4 is 5.32 Å². The molecule has 0 heterocycles. The molecule has 19 heavy (non-hydrogen) atoms. The van der Waals surface area contributed by atoms with E-state index in [1.54, 1.807) is 6.92 Å². The van der Waals surface area contributed by atoms with Crippen LogP contribution in [-0.4, -0.2) is 23.7 Å². The van der Waals surface area contributed by atoms with Crippen molar-refractivity contribution in [2.45, 2.75) is 25.6 Å². The lowest BCUT2D eigenvalue weighted by Crippen LogP contribution is -2.33. The fourth-order valence-electron chi connectivity index (χ4n) is 1.46. The van der Waals surface area contributed by atoms with Gasteiger partial charge in [0.1, 0.15) is 0 Å². The van der Waals surface area contributed by atoms with Gasteiger partial charge in [-0.2, -0.15) is 13.2 Å². The van der Waals surface area contributed by atoms with Crippen LogP contribution in [0.5, 0.6) is 0 Å². The molecule has 0 fully saturated rings. The molecule has 0 aromatic heterocycles. The number of hydrogen-bond donors (Lipinski definition) is 2. The Balaban J connectivity index is 2.93. The van der Waals surface area contributed by atoms with Gasteiger partial charge in [0.15, 0.2) is 0 Å². The molecule has 0 saturated heterocycles. The Kier molecular flexibility index (Phi) is 5.37. The highest BCUT2D eigenvalue weighted by Gasteiger charge is 2.33. The van der Waals surface area contributed by atoms with E-state index in [1.807, 2.05) is 0 Å². The van der Waals surface area contributed by atoms with Crippen LogP contribution in [-0.2, 0) is 6.18 Å². The Hall–Kier alpha value is -1.08. The van der Waals surface area contributed by atoms with E-state index in [1.165, 1.54) is 12.1 Å². The van der Waals surface area contributed by atoms with Crippen molar-refractivity contribution in [1.82, 2.24) is 5.32 Å².